The molecule has 0 radical (unpaired) electrons. The minimum absolute atomic E-state index is 0.119. The second kappa shape index (κ2) is 2.76. The van der Waals surface area contributed by atoms with Gasteiger partial charge in [-0.2, -0.15) is 0 Å². The molecule has 0 fully saturated rings. The Bertz CT molecular complexity index is 349. The molecule has 1 aliphatic heterocycles. The minimum Gasteiger partial charge on any atom is -0.351 e. The van der Waals surface area contributed by atoms with E-state index in [0.717, 1.165) is 0 Å². The number of hydrogen-bond acceptors (Lipinski definition) is 1. The van der Waals surface area contributed by atoms with Gasteiger partial charge in [-0.25, -0.2) is 4.79 Å². The molecule has 2 amide bonds. The smallest absolute Gasteiger partial charge is 0.315 e. The van der Waals surface area contributed by atoms with Gasteiger partial charge < -0.3 is 10.6 Å². The standard InChI is InChI=1S/C10H12N2O/c1-7-9-5-3-2-4-8(9)6-12(7)10(11)13/h2-5,7H,6H2,1H3,(H2,11,13)/t7-/m1/s1. The summed E-state index contributed by atoms with van der Waals surface area (Å²) in [6.07, 6.45) is 0. The summed E-state index contributed by atoms with van der Waals surface area (Å²) < 4.78 is 0. The van der Waals surface area contributed by atoms with Crippen molar-refractivity contribution in [3.8, 4) is 0 Å². The van der Waals surface area contributed by atoms with Crippen LogP contribution in [-0.2, 0) is 6.54 Å². The zero-order valence-corrected chi connectivity index (χ0v) is 7.53. The van der Waals surface area contributed by atoms with E-state index in [0.29, 0.717) is 6.54 Å². The third kappa shape index (κ3) is 1.16. The lowest BCUT2D eigenvalue weighted by molar-refractivity contribution is 0.195. The fourth-order valence-electron chi connectivity index (χ4n) is 1.84. The van der Waals surface area contributed by atoms with Crippen LogP contribution in [-0.4, -0.2) is 10.9 Å². The summed E-state index contributed by atoms with van der Waals surface area (Å²) in [6.45, 7) is 2.64. The number of urea groups is 1. The fourth-order valence-corrected chi connectivity index (χ4v) is 1.84. The molecule has 3 heteroatoms. The molecular formula is C10H12N2O. The molecule has 0 spiro atoms. The predicted molar refractivity (Wildman–Crippen MR) is 50.0 cm³/mol. The molecule has 0 saturated carbocycles. The number of hydrogen-bond donors (Lipinski definition) is 1. The summed E-state index contributed by atoms with van der Waals surface area (Å²) in [5.74, 6) is 0. The van der Waals surface area contributed by atoms with Gasteiger partial charge >= 0.3 is 6.03 Å². The Hall–Kier alpha value is -1.51. The van der Waals surface area contributed by atoms with Crippen molar-refractivity contribution in [3.05, 3.63) is 35.4 Å². The summed E-state index contributed by atoms with van der Waals surface area (Å²) in [5, 5.41) is 0. The summed E-state index contributed by atoms with van der Waals surface area (Å²) in [7, 11) is 0. The van der Waals surface area contributed by atoms with Crippen molar-refractivity contribution in [1.82, 2.24) is 4.90 Å². The van der Waals surface area contributed by atoms with Gasteiger partial charge in [0, 0.05) is 6.54 Å². The molecule has 2 N–H and O–H groups in total. The lowest BCUT2D eigenvalue weighted by atomic mass is 10.1. The third-order valence-corrected chi connectivity index (χ3v) is 2.60. The van der Waals surface area contributed by atoms with Gasteiger partial charge in [-0.05, 0) is 18.1 Å². The van der Waals surface area contributed by atoms with Crippen LogP contribution >= 0.6 is 0 Å². The number of primary amides is 1. The Morgan fingerprint density at radius 2 is 2.23 bits per heavy atom. The van der Waals surface area contributed by atoms with Gasteiger partial charge in [0.1, 0.15) is 0 Å². The third-order valence-electron chi connectivity index (χ3n) is 2.60. The Kier molecular flexibility index (Phi) is 1.72. The zero-order valence-electron chi connectivity index (χ0n) is 7.53. The van der Waals surface area contributed by atoms with E-state index in [1.165, 1.54) is 11.1 Å². The van der Waals surface area contributed by atoms with Crippen LogP contribution in [0.25, 0.3) is 0 Å². The molecule has 1 aliphatic rings. The van der Waals surface area contributed by atoms with Gasteiger partial charge in [-0.1, -0.05) is 24.3 Å². The second-order valence-corrected chi connectivity index (χ2v) is 3.34. The number of fused-ring (bicyclic) bond motifs is 1. The average Bonchev–Trinajstić information content (AvgIpc) is 2.45. The number of benzene rings is 1. The van der Waals surface area contributed by atoms with Crippen molar-refractivity contribution >= 4 is 6.03 Å². The first-order valence-electron chi connectivity index (χ1n) is 4.34. The quantitative estimate of drug-likeness (QED) is 0.641. The number of carbonyl (C=O) groups is 1. The van der Waals surface area contributed by atoms with E-state index in [1.807, 2.05) is 31.2 Å². The molecule has 0 aromatic heterocycles. The zero-order chi connectivity index (χ0) is 9.42. The maximum absolute atomic E-state index is 11.0. The molecule has 1 heterocycles. The van der Waals surface area contributed by atoms with Gasteiger partial charge in [-0.15, -0.1) is 0 Å². The van der Waals surface area contributed by atoms with E-state index in [1.54, 1.807) is 4.90 Å². The fraction of sp³-hybridized carbons (Fsp3) is 0.300. The average molecular weight is 176 g/mol. The number of rotatable bonds is 0. The Morgan fingerprint density at radius 1 is 1.54 bits per heavy atom. The van der Waals surface area contributed by atoms with Crippen LogP contribution in [0.1, 0.15) is 24.1 Å². The van der Waals surface area contributed by atoms with E-state index >= 15 is 0 Å². The van der Waals surface area contributed by atoms with Crippen molar-refractivity contribution in [2.75, 3.05) is 0 Å². The molecule has 2 rings (SSSR count). The molecule has 0 bridgehead atoms. The van der Waals surface area contributed by atoms with Crippen LogP contribution in [0, 0.1) is 0 Å². The molecule has 0 unspecified atom stereocenters. The normalized spacial score (nSPS) is 20.1. The SMILES string of the molecule is C[C@@H]1c2ccccc2CN1C(N)=O. The lowest BCUT2D eigenvalue weighted by Gasteiger charge is -2.18. The number of carbonyl (C=O) groups excluding carboxylic acids is 1. The Balaban J connectivity index is 2.38. The molecular weight excluding hydrogens is 164 g/mol. The van der Waals surface area contributed by atoms with Crippen molar-refractivity contribution < 1.29 is 4.79 Å². The second-order valence-electron chi connectivity index (χ2n) is 3.34. The van der Waals surface area contributed by atoms with E-state index in [2.05, 4.69) is 0 Å². The van der Waals surface area contributed by atoms with Crippen LogP contribution in [0.5, 0.6) is 0 Å². The van der Waals surface area contributed by atoms with Crippen LogP contribution in [0.4, 0.5) is 4.79 Å². The van der Waals surface area contributed by atoms with Crippen molar-refractivity contribution in [2.24, 2.45) is 5.73 Å². The number of nitrogens with zero attached hydrogens (tertiary/aromatic N) is 1. The minimum atomic E-state index is -0.344. The van der Waals surface area contributed by atoms with Gasteiger partial charge in [0.15, 0.2) is 0 Å². The Morgan fingerprint density at radius 3 is 2.85 bits per heavy atom. The first kappa shape index (κ1) is 8.10. The summed E-state index contributed by atoms with van der Waals surface area (Å²) in [4.78, 5) is 12.7. The van der Waals surface area contributed by atoms with Crippen molar-refractivity contribution in [3.63, 3.8) is 0 Å². The number of nitrogens with two attached hydrogens (primary N) is 1. The highest BCUT2D eigenvalue weighted by atomic mass is 16.2. The van der Waals surface area contributed by atoms with Crippen LogP contribution in [0.3, 0.4) is 0 Å². The van der Waals surface area contributed by atoms with E-state index < -0.39 is 0 Å². The molecule has 0 saturated heterocycles. The topological polar surface area (TPSA) is 46.3 Å². The van der Waals surface area contributed by atoms with Crippen LogP contribution < -0.4 is 5.73 Å². The van der Waals surface area contributed by atoms with Gasteiger partial charge in [0.25, 0.3) is 0 Å². The molecule has 1 aromatic rings. The highest BCUT2D eigenvalue weighted by Crippen LogP contribution is 2.32. The largest absolute Gasteiger partial charge is 0.351 e. The lowest BCUT2D eigenvalue weighted by Crippen LogP contribution is -2.33. The van der Waals surface area contributed by atoms with Crippen LogP contribution in [0.2, 0.25) is 0 Å². The molecule has 1 atom stereocenters. The molecule has 3 nitrogen and oxygen atoms in total. The van der Waals surface area contributed by atoms with Gasteiger partial charge in [0.2, 0.25) is 0 Å². The predicted octanol–water partition coefficient (Wildman–Crippen LogP) is 1.64. The van der Waals surface area contributed by atoms with E-state index in [9.17, 15) is 4.79 Å². The molecule has 13 heavy (non-hydrogen) atoms. The first-order chi connectivity index (χ1) is 6.20. The van der Waals surface area contributed by atoms with Crippen LogP contribution in [0.15, 0.2) is 24.3 Å². The Labute approximate surface area is 77.1 Å². The molecule has 68 valence electrons. The highest BCUT2D eigenvalue weighted by molar-refractivity contribution is 5.73. The van der Waals surface area contributed by atoms with Crippen molar-refractivity contribution in [1.29, 1.82) is 0 Å². The maximum Gasteiger partial charge on any atom is 0.315 e. The van der Waals surface area contributed by atoms with Crippen molar-refractivity contribution in [2.45, 2.75) is 19.5 Å². The number of amides is 2. The summed E-state index contributed by atoms with van der Waals surface area (Å²) in [5.41, 5.74) is 7.67. The monoisotopic (exact) mass is 176 g/mol. The highest BCUT2D eigenvalue weighted by Gasteiger charge is 2.28. The van der Waals surface area contributed by atoms with Gasteiger partial charge in [-0.3, -0.25) is 0 Å². The molecule has 1 aromatic carbocycles. The molecule has 0 aliphatic carbocycles. The maximum atomic E-state index is 11.0. The van der Waals surface area contributed by atoms with E-state index in [-0.39, 0.29) is 12.1 Å². The first-order valence-corrected chi connectivity index (χ1v) is 4.34. The van der Waals surface area contributed by atoms with Gasteiger partial charge in [0.05, 0.1) is 6.04 Å². The summed E-state index contributed by atoms with van der Waals surface area (Å²) >= 11 is 0. The summed E-state index contributed by atoms with van der Waals surface area (Å²) in [6, 6.07) is 7.82. The van der Waals surface area contributed by atoms with E-state index in [4.69, 9.17) is 5.73 Å².